The minimum absolute atomic E-state index is 0.292. The Morgan fingerprint density at radius 1 is 1.24 bits per heavy atom. The first-order valence-electron chi connectivity index (χ1n) is 7.99. The molecule has 21 heavy (non-hydrogen) atoms. The van der Waals surface area contributed by atoms with Crippen LogP contribution in [0.5, 0.6) is 0 Å². The van der Waals surface area contributed by atoms with E-state index in [0.29, 0.717) is 11.0 Å². The Bertz CT molecular complexity index is 651. The summed E-state index contributed by atoms with van der Waals surface area (Å²) < 4.78 is 8.86. The molecule has 3 heteroatoms. The summed E-state index contributed by atoms with van der Waals surface area (Å²) in [6, 6.07) is 8.90. The number of hydrogen-bond donors (Lipinski definition) is 0. The fourth-order valence-corrected chi connectivity index (χ4v) is 4.05. The molecule has 2 heterocycles. The molecule has 0 aliphatic carbocycles. The van der Waals surface area contributed by atoms with Crippen LogP contribution in [0.15, 0.2) is 30.5 Å². The van der Waals surface area contributed by atoms with Crippen molar-refractivity contribution in [3.63, 3.8) is 0 Å². The third kappa shape index (κ3) is 2.69. The number of para-hydroxylation sites is 1. The smallest absolute Gasteiger partial charge is 0.191 e. The zero-order chi connectivity index (χ0) is 15.3. The molecule has 1 aromatic carbocycles. The predicted octanol–water partition coefficient (Wildman–Crippen LogP) is 4.84. The summed E-state index contributed by atoms with van der Waals surface area (Å²) in [4.78, 5) is 0. The van der Waals surface area contributed by atoms with Crippen molar-refractivity contribution in [2.45, 2.75) is 51.9 Å². The van der Waals surface area contributed by atoms with Gasteiger partial charge in [-0.15, -0.1) is 0 Å². The molecule has 1 aliphatic rings. The van der Waals surface area contributed by atoms with Crippen LogP contribution in [0.2, 0.25) is 18.1 Å². The zero-order valence-corrected chi connectivity index (χ0v) is 14.9. The highest BCUT2D eigenvalue weighted by Crippen LogP contribution is 2.37. The lowest BCUT2D eigenvalue weighted by Gasteiger charge is -2.38. The maximum Gasteiger partial charge on any atom is 0.191 e. The third-order valence-electron chi connectivity index (χ3n) is 5.32. The van der Waals surface area contributed by atoms with Crippen LogP contribution in [-0.2, 0) is 17.4 Å². The van der Waals surface area contributed by atoms with Crippen LogP contribution in [0.25, 0.3) is 10.9 Å². The summed E-state index contributed by atoms with van der Waals surface area (Å²) >= 11 is 0. The lowest BCUT2D eigenvalue weighted by atomic mass is 9.95. The lowest BCUT2D eigenvalue weighted by molar-refractivity contribution is 0.210. The number of nitrogens with zero attached hydrogens (tertiary/aromatic N) is 1. The second-order valence-electron chi connectivity index (χ2n) is 7.96. The van der Waals surface area contributed by atoms with Crippen molar-refractivity contribution in [2.24, 2.45) is 5.92 Å². The van der Waals surface area contributed by atoms with Crippen LogP contribution in [-0.4, -0.2) is 19.5 Å². The van der Waals surface area contributed by atoms with Crippen LogP contribution < -0.4 is 0 Å². The molecule has 114 valence electrons. The fraction of sp³-hybridized carbons (Fsp3) is 0.556. The molecular weight excluding hydrogens is 274 g/mol. The first-order chi connectivity index (χ1) is 9.78. The molecular formula is C18H27NOSi. The number of benzene rings is 1. The van der Waals surface area contributed by atoms with Crippen molar-refractivity contribution in [2.75, 3.05) is 6.61 Å². The normalized spacial score (nSPS) is 19.2. The Labute approximate surface area is 129 Å². The van der Waals surface area contributed by atoms with Crippen molar-refractivity contribution in [1.82, 2.24) is 4.57 Å². The topological polar surface area (TPSA) is 14.2 Å². The first kappa shape index (κ1) is 14.9. The van der Waals surface area contributed by atoms with Gasteiger partial charge in [-0.3, -0.25) is 0 Å². The molecule has 3 rings (SSSR count). The molecule has 0 radical (unpaired) electrons. The van der Waals surface area contributed by atoms with Crippen LogP contribution in [0, 0.1) is 5.92 Å². The van der Waals surface area contributed by atoms with Gasteiger partial charge in [-0.1, -0.05) is 39.0 Å². The van der Waals surface area contributed by atoms with E-state index in [-0.39, 0.29) is 0 Å². The van der Waals surface area contributed by atoms with Gasteiger partial charge in [0.15, 0.2) is 8.32 Å². The molecule has 0 amide bonds. The molecule has 1 aromatic heterocycles. The van der Waals surface area contributed by atoms with Gasteiger partial charge in [0, 0.05) is 25.3 Å². The minimum atomic E-state index is -1.64. The molecule has 0 N–H and O–H groups in total. The first-order valence-corrected chi connectivity index (χ1v) is 10.9. The van der Waals surface area contributed by atoms with Crippen molar-refractivity contribution in [3.05, 3.63) is 36.0 Å². The van der Waals surface area contributed by atoms with Gasteiger partial charge in [-0.05, 0) is 41.6 Å². The molecule has 0 spiro atoms. The van der Waals surface area contributed by atoms with E-state index in [4.69, 9.17) is 4.43 Å². The quantitative estimate of drug-likeness (QED) is 0.740. The van der Waals surface area contributed by atoms with Gasteiger partial charge >= 0.3 is 0 Å². The second-order valence-corrected chi connectivity index (χ2v) is 12.8. The number of rotatable bonds is 3. The van der Waals surface area contributed by atoms with E-state index < -0.39 is 8.32 Å². The molecule has 0 saturated carbocycles. The largest absolute Gasteiger partial charge is 0.416 e. The van der Waals surface area contributed by atoms with Crippen molar-refractivity contribution >= 4 is 19.2 Å². The van der Waals surface area contributed by atoms with Gasteiger partial charge < -0.3 is 8.99 Å². The number of hydrogen-bond acceptors (Lipinski definition) is 1. The van der Waals surface area contributed by atoms with Gasteiger partial charge in [0.2, 0.25) is 0 Å². The highest BCUT2D eigenvalue weighted by atomic mass is 28.4. The molecule has 0 saturated heterocycles. The summed E-state index contributed by atoms with van der Waals surface area (Å²) in [7, 11) is -1.64. The van der Waals surface area contributed by atoms with Crippen molar-refractivity contribution in [3.8, 4) is 0 Å². The Balaban J connectivity index is 1.74. The molecule has 1 atom stereocenters. The van der Waals surface area contributed by atoms with E-state index in [0.717, 1.165) is 19.6 Å². The monoisotopic (exact) mass is 301 g/mol. The molecule has 0 fully saturated rings. The van der Waals surface area contributed by atoms with Gasteiger partial charge in [0.05, 0.1) is 5.52 Å². The summed E-state index contributed by atoms with van der Waals surface area (Å²) in [5.41, 5.74) is 2.91. The van der Waals surface area contributed by atoms with E-state index in [2.05, 4.69) is 68.9 Å². The summed E-state index contributed by atoms with van der Waals surface area (Å²) in [6.07, 6.45) is 3.38. The standard InChI is InChI=1S/C18H27NOSi/c1-18(2,3)21(4,5)20-13-14-11-16-8-6-7-15-9-10-19(12-14)17(15)16/h6-10,14H,11-13H2,1-5H3. The van der Waals surface area contributed by atoms with E-state index in [1.807, 2.05) is 0 Å². The van der Waals surface area contributed by atoms with Gasteiger partial charge in [0.1, 0.15) is 0 Å². The number of aromatic nitrogens is 1. The van der Waals surface area contributed by atoms with E-state index in [1.165, 1.54) is 16.5 Å². The van der Waals surface area contributed by atoms with Crippen molar-refractivity contribution < 1.29 is 4.43 Å². The van der Waals surface area contributed by atoms with E-state index in [9.17, 15) is 0 Å². The highest BCUT2D eigenvalue weighted by molar-refractivity contribution is 6.74. The zero-order valence-electron chi connectivity index (χ0n) is 13.9. The Morgan fingerprint density at radius 3 is 2.71 bits per heavy atom. The van der Waals surface area contributed by atoms with E-state index in [1.54, 1.807) is 0 Å². The van der Waals surface area contributed by atoms with Crippen LogP contribution in [0.3, 0.4) is 0 Å². The predicted molar refractivity (Wildman–Crippen MR) is 92.3 cm³/mol. The molecule has 0 bridgehead atoms. The minimum Gasteiger partial charge on any atom is -0.416 e. The molecule has 2 nitrogen and oxygen atoms in total. The molecule has 1 aliphatic heterocycles. The highest BCUT2D eigenvalue weighted by Gasteiger charge is 2.37. The SMILES string of the molecule is CC(C)(C)[Si](C)(C)OCC1Cc2cccc3ccn(c23)C1. The Kier molecular flexibility index (Phi) is 3.53. The van der Waals surface area contributed by atoms with Crippen LogP contribution in [0.4, 0.5) is 0 Å². The van der Waals surface area contributed by atoms with Crippen LogP contribution in [0.1, 0.15) is 26.3 Å². The second kappa shape index (κ2) is 4.99. The van der Waals surface area contributed by atoms with E-state index >= 15 is 0 Å². The maximum atomic E-state index is 6.45. The third-order valence-corrected chi connectivity index (χ3v) is 9.82. The Hall–Kier alpha value is -1.06. The fourth-order valence-electron chi connectivity index (χ4n) is 2.97. The summed E-state index contributed by atoms with van der Waals surface area (Å²) in [5, 5.41) is 1.66. The Morgan fingerprint density at radius 2 is 2.00 bits per heavy atom. The summed E-state index contributed by atoms with van der Waals surface area (Å²) in [5.74, 6) is 0.602. The van der Waals surface area contributed by atoms with Gasteiger partial charge in [-0.2, -0.15) is 0 Å². The summed E-state index contributed by atoms with van der Waals surface area (Å²) in [6.45, 7) is 13.6. The van der Waals surface area contributed by atoms with Crippen LogP contribution >= 0.6 is 0 Å². The van der Waals surface area contributed by atoms with Crippen molar-refractivity contribution in [1.29, 1.82) is 0 Å². The molecule has 2 aromatic rings. The average molecular weight is 302 g/mol. The van der Waals surface area contributed by atoms with Gasteiger partial charge in [0.25, 0.3) is 0 Å². The lowest BCUT2D eigenvalue weighted by Crippen LogP contribution is -2.42. The average Bonchev–Trinajstić information content (AvgIpc) is 2.81. The maximum absolute atomic E-state index is 6.45. The molecule has 1 unspecified atom stereocenters. The van der Waals surface area contributed by atoms with Gasteiger partial charge in [-0.25, -0.2) is 0 Å².